The minimum atomic E-state index is -0.721. The van der Waals surface area contributed by atoms with Gasteiger partial charge in [-0.2, -0.15) is 5.48 Å². The molecule has 0 aliphatic heterocycles. The molecule has 1 heterocycles. The monoisotopic (exact) mass is 421 g/mol. The van der Waals surface area contributed by atoms with Gasteiger partial charge < -0.3 is 19.6 Å². The lowest BCUT2D eigenvalue weighted by Gasteiger charge is -2.19. The number of hydrogen-bond donors (Lipinski definition) is 2. The zero-order valence-electron chi connectivity index (χ0n) is 16.7. The maximum Gasteiger partial charge on any atom is 0.340 e. The third kappa shape index (κ3) is 6.15. The van der Waals surface area contributed by atoms with Crippen molar-refractivity contribution < 1.29 is 23.9 Å². The second-order valence-electron chi connectivity index (χ2n) is 6.32. The van der Waals surface area contributed by atoms with E-state index in [9.17, 15) is 9.59 Å². The number of pyridine rings is 1. The van der Waals surface area contributed by atoms with Crippen molar-refractivity contribution >= 4 is 23.5 Å². The van der Waals surface area contributed by atoms with Gasteiger partial charge in [-0.25, -0.2) is 9.78 Å². The summed E-state index contributed by atoms with van der Waals surface area (Å²) in [7, 11) is 2.98. The molecule has 0 bridgehead atoms. The van der Waals surface area contributed by atoms with Crippen LogP contribution in [-0.4, -0.2) is 37.1 Å². The Bertz CT molecular complexity index is 860. The van der Waals surface area contributed by atoms with Crippen molar-refractivity contribution in [2.24, 2.45) is 0 Å². The number of nitrogens with one attached hydrogen (secondary N) is 2. The first-order valence-electron chi connectivity index (χ1n) is 8.94. The maximum absolute atomic E-state index is 12.2. The summed E-state index contributed by atoms with van der Waals surface area (Å²) in [5, 5.41) is 2.77. The number of carbonyl (C=O) groups is 2. The summed E-state index contributed by atoms with van der Waals surface area (Å²) < 4.78 is 10.8. The molecule has 2 aromatic rings. The number of halogens is 1. The van der Waals surface area contributed by atoms with Crippen molar-refractivity contribution in [1.29, 1.82) is 0 Å². The maximum atomic E-state index is 12.2. The van der Waals surface area contributed by atoms with Crippen LogP contribution < -0.4 is 15.5 Å². The molecule has 0 spiro atoms. The van der Waals surface area contributed by atoms with Crippen molar-refractivity contribution in [2.75, 3.05) is 14.2 Å². The van der Waals surface area contributed by atoms with E-state index in [0.29, 0.717) is 5.56 Å². The number of rotatable bonds is 9. The number of likely N-dealkylation sites (N-methyl/N-ethyl adjacent to an activating group) is 1. The second kappa shape index (κ2) is 10.8. The Labute approximate surface area is 174 Å². The average Bonchev–Trinajstić information content (AvgIpc) is 2.70. The summed E-state index contributed by atoms with van der Waals surface area (Å²) in [6, 6.07) is 7.99. The Hall–Kier alpha value is -2.68. The molecule has 0 saturated carbocycles. The van der Waals surface area contributed by atoms with Crippen molar-refractivity contribution in [2.45, 2.75) is 32.6 Å². The minimum absolute atomic E-state index is 0.109. The molecule has 1 atom stereocenters. The highest BCUT2D eigenvalue weighted by Gasteiger charge is 2.22. The number of hydrogen-bond acceptors (Lipinski definition) is 7. The van der Waals surface area contributed by atoms with Crippen LogP contribution >= 0.6 is 11.6 Å². The van der Waals surface area contributed by atoms with Crippen molar-refractivity contribution in [3.8, 4) is 5.88 Å². The normalized spacial score (nSPS) is 11.8. The number of carbonyl (C=O) groups excluding carboxylic acids is 2. The smallest absolute Gasteiger partial charge is 0.340 e. The van der Waals surface area contributed by atoms with Gasteiger partial charge >= 0.3 is 5.97 Å². The molecule has 1 aromatic carbocycles. The van der Waals surface area contributed by atoms with Gasteiger partial charge in [0.25, 0.3) is 0 Å². The molecule has 2 N–H and O–H groups in total. The van der Waals surface area contributed by atoms with E-state index >= 15 is 0 Å². The molecule has 0 saturated heterocycles. The zero-order chi connectivity index (χ0) is 21.4. The van der Waals surface area contributed by atoms with Crippen LogP contribution in [0.1, 0.15) is 41.4 Å². The summed E-state index contributed by atoms with van der Waals surface area (Å²) in [5.74, 6) is -0.604. The average molecular weight is 422 g/mol. The van der Waals surface area contributed by atoms with Gasteiger partial charge in [0.05, 0.1) is 18.8 Å². The van der Waals surface area contributed by atoms with E-state index in [1.807, 2.05) is 18.2 Å². The van der Waals surface area contributed by atoms with E-state index in [1.165, 1.54) is 19.4 Å². The first-order valence-corrected chi connectivity index (χ1v) is 9.32. The number of nitrogens with zero attached hydrogens (tertiary/aromatic N) is 1. The first kappa shape index (κ1) is 22.6. The van der Waals surface area contributed by atoms with Crippen molar-refractivity contribution in [3.63, 3.8) is 0 Å². The molecule has 1 unspecified atom stereocenters. The van der Waals surface area contributed by atoms with Crippen LogP contribution in [0.25, 0.3) is 0 Å². The number of hydroxylamine groups is 1. The highest BCUT2D eigenvalue weighted by Crippen LogP contribution is 2.26. The van der Waals surface area contributed by atoms with Crippen LogP contribution in [0.5, 0.6) is 5.88 Å². The van der Waals surface area contributed by atoms with Gasteiger partial charge in [-0.05, 0) is 31.0 Å². The summed E-state index contributed by atoms with van der Waals surface area (Å²) in [5.41, 5.74) is 4.34. The second-order valence-corrected chi connectivity index (χ2v) is 6.73. The number of benzene rings is 1. The van der Waals surface area contributed by atoms with Crippen LogP contribution in [-0.2, 0) is 21.0 Å². The van der Waals surface area contributed by atoms with Crippen LogP contribution in [0.15, 0.2) is 36.5 Å². The molecular weight excluding hydrogens is 398 g/mol. The summed E-state index contributed by atoms with van der Waals surface area (Å²) >= 11 is 6.21. The lowest BCUT2D eigenvalue weighted by Crippen LogP contribution is -2.36. The van der Waals surface area contributed by atoms with Crippen LogP contribution in [0.2, 0.25) is 5.02 Å². The molecule has 1 amide bonds. The number of ether oxygens (including phenoxy) is 2. The van der Waals surface area contributed by atoms with Crippen LogP contribution in [0.3, 0.4) is 0 Å². The molecule has 156 valence electrons. The van der Waals surface area contributed by atoms with Crippen LogP contribution in [0, 0.1) is 0 Å². The van der Waals surface area contributed by atoms with Gasteiger partial charge in [0.2, 0.25) is 11.8 Å². The number of amides is 1. The number of aromatic nitrogens is 1. The van der Waals surface area contributed by atoms with Crippen LogP contribution in [0.4, 0.5) is 0 Å². The lowest BCUT2D eigenvalue weighted by atomic mass is 10.0. The SMILES string of the molecule is CNC(=O)C(NOC)c1ccccc1COc1ncc(C(=O)OC(C)C)cc1Cl. The zero-order valence-corrected chi connectivity index (χ0v) is 17.4. The topological polar surface area (TPSA) is 98.8 Å². The molecule has 8 nitrogen and oxygen atoms in total. The molecule has 0 aliphatic rings. The molecule has 29 heavy (non-hydrogen) atoms. The highest BCUT2D eigenvalue weighted by atomic mass is 35.5. The summed E-state index contributed by atoms with van der Waals surface area (Å²) in [6.45, 7) is 3.62. The van der Waals surface area contributed by atoms with E-state index in [0.717, 1.165) is 5.56 Å². The van der Waals surface area contributed by atoms with E-state index in [4.69, 9.17) is 25.9 Å². The fourth-order valence-corrected chi connectivity index (χ4v) is 2.76. The molecule has 0 fully saturated rings. The third-order valence-corrected chi connectivity index (χ3v) is 4.13. The largest absolute Gasteiger partial charge is 0.472 e. The summed E-state index contributed by atoms with van der Waals surface area (Å²) in [4.78, 5) is 33.2. The molecule has 0 radical (unpaired) electrons. The van der Waals surface area contributed by atoms with Gasteiger partial charge in [-0.15, -0.1) is 0 Å². The van der Waals surface area contributed by atoms with Crippen molar-refractivity contribution in [3.05, 3.63) is 58.2 Å². The first-order chi connectivity index (χ1) is 13.9. The Kier molecular flexibility index (Phi) is 8.38. The highest BCUT2D eigenvalue weighted by molar-refractivity contribution is 6.32. The Morgan fingerprint density at radius 2 is 1.97 bits per heavy atom. The van der Waals surface area contributed by atoms with Crippen molar-refractivity contribution in [1.82, 2.24) is 15.8 Å². The molecule has 9 heteroatoms. The predicted molar refractivity (Wildman–Crippen MR) is 108 cm³/mol. The predicted octanol–water partition coefficient (Wildman–Crippen LogP) is 2.82. The van der Waals surface area contributed by atoms with Gasteiger partial charge in [-0.1, -0.05) is 35.9 Å². The van der Waals surface area contributed by atoms with Gasteiger partial charge in [0, 0.05) is 13.2 Å². The molecule has 0 aliphatic carbocycles. The van der Waals surface area contributed by atoms with E-state index in [2.05, 4.69) is 15.8 Å². The summed E-state index contributed by atoms with van der Waals surface area (Å²) in [6.07, 6.45) is 1.10. The number of esters is 1. The molecular formula is C20H24ClN3O5. The fourth-order valence-electron chi connectivity index (χ4n) is 2.54. The fraction of sp³-hybridized carbons (Fsp3) is 0.350. The Balaban J connectivity index is 2.18. The minimum Gasteiger partial charge on any atom is -0.472 e. The standard InChI is InChI=1S/C20H24ClN3O5/c1-12(2)29-20(26)14-9-16(21)19(23-10-14)28-11-13-7-5-6-8-15(13)17(24-27-4)18(25)22-3/h5-10,12,17,24H,11H2,1-4H3,(H,22,25). The van der Waals surface area contributed by atoms with Gasteiger partial charge in [-0.3, -0.25) is 4.79 Å². The van der Waals surface area contributed by atoms with E-state index in [-0.39, 0.29) is 35.1 Å². The quantitative estimate of drug-likeness (QED) is 0.474. The molecule has 2 rings (SSSR count). The van der Waals surface area contributed by atoms with Gasteiger partial charge in [0.1, 0.15) is 17.7 Å². The third-order valence-electron chi connectivity index (χ3n) is 3.86. The van der Waals surface area contributed by atoms with E-state index < -0.39 is 12.0 Å². The Morgan fingerprint density at radius 1 is 1.24 bits per heavy atom. The Morgan fingerprint density at radius 3 is 2.59 bits per heavy atom. The van der Waals surface area contributed by atoms with Gasteiger partial charge in [0.15, 0.2) is 0 Å². The molecule has 1 aromatic heterocycles. The van der Waals surface area contributed by atoms with E-state index in [1.54, 1.807) is 27.0 Å². The lowest BCUT2D eigenvalue weighted by molar-refractivity contribution is -0.126.